The van der Waals surface area contributed by atoms with Crippen molar-refractivity contribution in [1.29, 1.82) is 0 Å². The summed E-state index contributed by atoms with van der Waals surface area (Å²) in [6, 6.07) is 1.88. The zero-order chi connectivity index (χ0) is 15.6. The molecule has 0 radical (unpaired) electrons. The van der Waals surface area contributed by atoms with Crippen molar-refractivity contribution in [1.82, 2.24) is 14.7 Å². The summed E-state index contributed by atoms with van der Waals surface area (Å²) in [5, 5.41) is 4.40. The van der Waals surface area contributed by atoms with E-state index in [0.717, 1.165) is 24.1 Å². The molecule has 1 atom stereocenters. The van der Waals surface area contributed by atoms with Gasteiger partial charge in [-0.3, -0.25) is 9.58 Å². The minimum Gasteiger partial charge on any atom is -0.293 e. The minimum atomic E-state index is -4.14. The van der Waals surface area contributed by atoms with E-state index < -0.39 is 12.7 Å². The van der Waals surface area contributed by atoms with E-state index >= 15 is 0 Å². The van der Waals surface area contributed by atoms with Crippen LogP contribution in [0.3, 0.4) is 0 Å². The molecular weight excluding hydrogens is 347 g/mol. The Morgan fingerprint density at radius 2 is 2.19 bits per heavy atom. The van der Waals surface area contributed by atoms with Crippen LogP contribution in [0, 0.1) is 0 Å². The second-order valence-electron chi connectivity index (χ2n) is 5.70. The maximum Gasteiger partial charge on any atom is 0.401 e. The van der Waals surface area contributed by atoms with Crippen molar-refractivity contribution in [3.63, 3.8) is 0 Å². The standard InChI is InChI=1S/C14H19BrF3N3/c1-10(2)6-12-7-13(15)19-21(12)11-4-3-5-20(8-11)9-14(16,17)18/h6-7,11H,3-5,8-9H2,1-2H3. The first-order chi connectivity index (χ1) is 9.74. The Balaban J connectivity index is 2.16. The monoisotopic (exact) mass is 365 g/mol. The molecule has 1 aromatic rings. The van der Waals surface area contributed by atoms with Gasteiger partial charge in [0.2, 0.25) is 0 Å². The normalized spacial score (nSPS) is 20.6. The van der Waals surface area contributed by atoms with Gasteiger partial charge >= 0.3 is 6.18 Å². The molecule has 21 heavy (non-hydrogen) atoms. The molecule has 1 saturated heterocycles. The zero-order valence-electron chi connectivity index (χ0n) is 12.1. The molecule has 3 nitrogen and oxygen atoms in total. The van der Waals surface area contributed by atoms with Gasteiger partial charge in [-0.2, -0.15) is 18.3 Å². The van der Waals surface area contributed by atoms with E-state index in [1.54, 1.807) is 0 Å². The Hall–Kier alpha value is -0.820. The second kappa shape index (κ2) is 6.52. The Kier molecular flexibility index (Phi) is 5.14. The second-order valence-corrected chi connectivity index (χ2v) is 6.52. The molecule has 1 aliphatic heterocycles. The molecule has 0 aliphatic carbocycles. The van der Waals surface area contributed by atoms with Crippen LogP contribution in [0.1, 0.15) is 38.4 Å². The van der Waals surface area contributed by atoms with Crippen LogP contribution in [0.25, 0.3) is 6.08 Å². The first kappa shape index (κ1) is 16.5. The predicted molar refractivity (Wildman–Crippen MR) is 80.0 cm³/mol. The maximum absolute atomic E-state index is 12.5. The first-order valence-corrected chi connectivity index (χ1v) is 7.73. The van der Waals surface area contributed by atoms with Crippen molar-refractivity contribution >= 4 is 22.0 Å². The molecule has 0 saturated carbocycles. The molecule has 0 N–H and O–H groups in total. The molecule has 7 heteroatoms. The highest BCUT2D eigenvalue weighted by Crippen LogP contribution is 2.27. The van der Waals surface area contributed by atoms with E-state index in [1.165, 1.54) is 4.90 Å². The number of hydrogen-bond acceptors (Lipinski definition) is 2. The third kappa shape index (κ3) is 4.85. The van der Waals surface area contributed by atoms with E-state index in [0.29, 0.717) is 17.7 Å². The lowest BCUT2D eigenvalue weighted by Gasteiger charge is -2.33. The number of halogens is 4. The van der Waals surface area contributed by atoms with Crippen LogP contribution in [0.5, 0.6) is 0 Å². The molecule has 1 unspecified atom stereocenters. The van der Waals surface area contributed by atoms with E-state index in [1.807, 2.05) is 30.7 Å². The van der Waals surface area contributed by atoms with Crippen LogP contribution in [-0.2, 0) is 0 Å². The van der Waals surface area contributed by atoms with Gasteiger partial charge in [-0.05, 0) is 61.3 Å². The van der Waals surface area contributed by atoms with Gasteiger partial charge < -0.3 is 0 Å². The highest BCUT2D eigenvalue weighted by atomic mass is 79.9. The predicted octanol–water partition coefficient (Wildman–Crippen LogP) is 4.27. The molecule has 2 rings (SSSR count). The van der Waals surface area contributed by atoms with Crippen molar-refractivity contribution in [3.8, 4) is 0 Å². The van der Waals surface area contributed by atoms with E-state index in [-0.39, 0.29) is 6.04 Å². The van der Waals surface area contributed by atoms with Crippen molar-refractivity contribution in [2.45, 2.75) is 38.9 Å². The fourth-order valence-electron chi connectivity index (χ4n) is 2.70. The van der Waals surface area contributed by atoms with Crippen LogP contribution in [-0.4, -0.2) is 40.5 Å². The third-order valence-electron chi connectivity index (χ3n) is 3.40. The van der Waals surface area contributed by atoms with E-state index in [2.05, 4.69) is 21.0 Å². The highest BCUT2D eigenvalue weighted by molar-refractivity contribution is 9.10. The molecule has 1 aliphatic rings. The number of likely N-dealkylation sites (tertiary alicyclic amines) is 1. The van der Waals surface area contributed by atoms with Gasteiger partial charge in [0, 0.05) is 6.54 Å². The summed E-state index contributed by atoms with van der Waals surface area (Å²) in [5.41, 5.74) is 2.06. The summed E-state index contributed by atoms with van der Waals surface area (Å²) < 4.78 is 40.2. The Bertz CT molecular complexity index is 518. The molecule has 0 bridgehead atoms. The molecule has 0 amide bonds. The van der Waals surface area contributed by atoms with E-state index in [9.17, 15) is 13.2 Å². The number of hydrogen-bond donors (Lipinski definition) is 0. The number of allylic oxidation sites excluding steroid dienone is 1. The van der Waals surface area contributed by atoms with Gasteiger partial charge in [0.1, 0.15) is 4.60 Å². The highest BCUT2D eigenvalue weighted by Gasteiger charge is 2.33. The van der Waals surface area contributed by atoms with Gasteiger partial charge in [-0.1, -0.05) is 5.57 Å². The lowest BCUT2D eigenvalue weighted by molar-refractivity contribution is -0.149. The summed E-state index contributed by atoms with van der Waals surface area (Å²) in [7, 11) is 0. The van der Waals surface area contributed by atoms with Gasteiger partial charge in [0.15, 0.2) is 0 Å². The fourth-order valence-corrected chi connectivity index (χ4v) is 3.11. The van der Waals surface area contributed by atoms with E-state index in [4.69, 9.17) is 0 Å². The topological polar surface area (TPSA) is 21.1 Å². The smallest absolute Gasteiger partial charge is 0.293 e. The Labute approximate surface area is 130 Å². The van der Waals surface area contributed by atoms with Gasteiger partial charge in [0.05, 0.1) is 18.3 Å². The summed E-state index contributed by atoms with van der Waals surface area (Å²) in [4.78, 5) is 1.47. The average Bonchev–Trinajstić information content (AvgIpc) is 2.67. The number of piperidine rings is 1. The molecule has 1 fully saturated rings. The van der Waals surface area contributed by atoms with Crippen molar-refractivity contribution < 1.29 is 13.2 Å². The van der Waals surface area contributed by atoms with Crippen LogP contribution in [0.4, 0.5) is 13.2 Å². The summed E-state index contributed by atoms with van der Waals surface area (Å²) >= 11 is 3.35. The summed E-state index contributed by atoms with van der Waals surface area (Å²) in [6.45, 7) is 4.02. The molecule has 0 spiro atoms. The van der Waals surface area contributed by atoms with Gasteiger partial charge in [-0.15, -0.1) is 0 Å². The molecule has 0 aromatic carbocycles. The summed E-state index contributed by atoms with van der Waals surface area (Å²) in [6.07, 6.45) is -0.533. The SMILES string of the molecule is CC(C)=Cc1cc(Br)nn1C1CCCN(CC(F)(F)F)C1. The lowest BCUT2D eigenvalue weighted by Crippen LogP contribution is -2.42. The lowest BCUT2D eigenvalue weighted by atomic mass is 10.1. The quantitative estimate of drug-likeness (QED) is 0.797. The molecule has 118 valence electrons. The van der Waals surface area contributed by atoms with Crippen LogP contribution in [0.15, 0.2) is 16.2 Å². The van der Waals surface area contributed by atoms with Crippen LogP contribution < -0.4 is 0 Å². The van der Waals surface area contributed by atoms with Crippen LogP contribution >= 0.6 is 15.9 Å². The van der Waals surface area contributed by atoms with Crippen LogP contribution in [0.2, 0.25) is 0 Å². The number of rotatable bonds is 3. The molecule has 2 heterocycles. The Morgan fingerprint density at radius 1 is 1.48 bits per heavy atom. The third-order valence-corrected chi connectivity index (χ3v) is 3.79. The number of alkyl halides is 3. The van der Waals surface area contributed by atoms with Crippen molar-refractivity contribution in [2.24, 2.45) is 0 Å². The molecular formula is C14H19BrF3N3. The first-order valence-electron chi connectivity index (χ1n) is 6.93. The minimum absolute atomic E-state index is 0.0157. The average molecular weight is 366 g/mol. The maximum atomic E-state index is 12.5. The summed E-state index contributed by atoms with van der Waals surface area (Å²) in [5.74, 6) is 0. The number of aromatic nitrogens is 2. The van der Waals surface area contributed by atoms with Crippen molar-refractivity contribution in [2.75, 3.05) is 19.6 Å². The number of nitrogens with zero attached hydrogens (tertiary/aromatic N) is 3. The zero-order valence-corrected chi connectivity index (χ0v) is 13.7. The fraction of sp³-hybridized carbons (Fsp3) is 0.643. The van der Waals surface area contributed by atoms with Gasteiger partial charge in [0.25, 0.3) is 0 Å². The van der Waals surface area contributed by atoms with Crippen molar-refractivity contribution in [3.05, 3.63) is 21.9 Å². The molecule has 1 aromatic heterocycles. The van der Waals surface area contributed by atoms with Gasteiger partial charge in [-0.25, -0.2) is 0 Å². The Morgan fingerprint density at radius 3 is 2.81 bits per heavy atom. The largest absolute Gasteiger partial charge is 0.401 e.